The Bertz CT molecular complexity index is 463. The lowest BCUT2D eigenvalue weighted by Gasteiger charge is -2.25. The maximum atomic E-state index is 11.3. The van der Waals surface area contributed by atoms with Crippen molar-refractivity contribution in [2.45, 2.75) is 44.6 Å². The molecule has 1 N–H and O–H groups in total. The zero-order valence-corrected chi connectivity index (χ0v) is 11.0. The van der Waals surface area contributed by atoms with Crippen molar-refractivity contribution in [3.8, 4) is 0 Å². The fourth-order valence-corrected chi connectivity index (χ4v) is 3.19. The molecule has 5 nitrogen and oxygen atoms in total. The largest absolute Gasteiger partial charge is 0.481 e. The highest BCUT2D eigenvalue weighted by molar-refractivity contribution is 5.75. The molecule has 3 rings (SSSR count). The standard InChI is InChI=1S/C14H20N2O3/c17-14(18)11-2-1-5-16-12(11)9-15-13(16)8-10-3-6-19-7-4-10/h9-11H,1-8H2,(H,17,18). The summed E-state index contributed by atoms with van der Waals surface area (Å²) in [4.78, 5) is 15.7. The Balaban J connectivity index is 1.78. The van der Waals surface area contributed by atoms with Gasteiger partial charge < -0.3 is 14.4 Å². The molecule has 2 aliphatic heterocycles. The molecule has 104 valence electrons. The fraction of sp³-hybridized carbons (Fsp3) is 0.714. The molecule has 3 heterocycles. The number of carboxylic acid groups (broad SMARTS) is 1. The Kier molecular flexibility index (Phi) is 3.55. The van der Waals surface area contributed by atoms with E-state index in [0.29, 0.717) is 5.92 Å². The second kappa shape index (κ2) is 5.33. The van der Waals surface area contributed by atoms with Gasteiger partial charge in [-0.05, 0) is 31.6 Å². The summed E-state index contributed by atoms with van der Waals surface area (Å²) in [6, 6.07) is 0. The molecule has 19 heavy (non-hydrogen) atoms. The maximum absolute atomic E-state index is 11.3. The predicted octanol–water partition coefficient (Wildman–Crippen LogP) is 1.81. The first kappa shape index (κ1) is 12.7. The van der Waals surface area contributed by atoms with Crippen molar-refractivity contribution < 1.29 is 14.6 Å². The zero-order valence-electron chi connectivity index (χ0n) is 11.0. The van der Waals surface area contributed by atoms with Crippen molar-refractivity contribution in [3.05, 3.63) is 17.7 Å². The van der Waals surface area contributed by atoms with E-state index in [0.717, 1.165) is 63.4 Å². The van der Waals surface area contributed by atoms with E-state index >= 15 is 0 Å². The molecule has 5 heteroatoms. The van der Waals surface area contributed by atoms with Crippen LogP contribution in [0.1, 0.15) is 43.1 Å². The summed E-state index contributed by atoms with van der Waals surface area (Å²) >= 11 is 0. The molecule has 0 bridgehead atoms. The van der Waals surface area contributed by atoms with Gasteiger partial charge in [0.1, 0.15) is 5.82 Å². The quantitative estimate of drug-likeness (QED) is 0.904. The van der Waals surface area contributed by atoms with Crippen LogP contribution in [0.2, 0.25) is 0 Å². The Morgan fingerprint density at radius 3 is 2.95 bits per heavy atom. The molecular formula is C14H20N2O3. The van der Waals surface area contributed by atoms with Crippen LogP contribution in [0.25, 0.3) is 0 Å². The van der Waals surface area contributed by atoms with Crippen LogP contribution in [0.5, 0.6) is 0 Å². The van der Waals surface area contributed by atoms with Crippen LogP contribution in [0.15, 0.2) is 6.20 Å². The molecule has 1 unspecified atom stereocenters. The summed E-state index contributed by atoms with van der Waals surface area (Å²) in [5.41, 5.74) is 0.890. The number of carboxylic acids is 1. The van der Waals surface area contributed by atoms with E-state index in [2.05, 4.69) is 9.55 Å². The Labute approximate surface area is 112 Å². The van der Waals surface area contributed by atoms with Gasteiger partial charge in [0, 0.05) is 32.4 Å². The molecule has 0 amide bonds. The minimum absolute atomic E-state index is 0.371. The average molecular weight is 264 g/mol. The number of ether oxygens (including phenoxy) is 1. The van der Waals surface area contributed by atoms with Crippen LogP contribution in [0.4, 0.5) is 0 Å². The molecule has 1 fully saturated rings. The fourth-order valence-electron chi connectivity index (χ4n) is 3.19. The van der Waals surface area contributed by atoms with Crippen LogP contribution in [0.3, 0.4) is 0 Å². The minimum Gasteiger partial charge on any atom is -0.481 e. The monoisotopic (exact) mass is 264 g/mol. The number of hydrogen-bond donors (Lipinski definition) is 1. The van der Waals surface area contributed by atoms with Crippen molar-refractivity contribution in [1.29, 1.82) is 0 Å². The van der Waals surface area contributed by atoms with Gasteiger partial charge >= 0.3 is 5.97 Å². The number of hydrogen-bond acceptors (Lipinski definition) is 3. The molecule has 0 aliphatic carbocycles. The lowest BCUT2D eigenvalue weighted by atomic mass is 9.94. The second-order valence-corrected chi connectivity index (χ2v) is 5.54. The van der Waals surface area contributed by atoms with Gasteiger partial charge in [-0.25, -0.2) is 4.98 Å². The summed E-state index contributed by atoms with van der Waals surface area (Å²) in [7, 11) is 0. The van der Waals surface area contributed by atoms with E-state index in [9.17, 15) is 9.90 Å². The van der Waals surface area contributed by atoms with Crippen molar-refractivity contribution >= 4 is 5.97 Å². The molecule has 0 saturated carbocycles. The first-order valence-electron chi connectivity index (χ1n) is 7.10. The summed E-state index contributed by atoms with van der Waals surface area (Å²) in [5, 5.41) is 9.26. The summed E-state index contributed by atoms with van der Waals surface area (Å²) in [5.74, 6) is 0.599. The third kappa shape index (κ3) is 2.52. The van der Waals surface area contributed by atoms with Gasteiger partial charge in [0.25, 0.3) is 0 Å². The molecule has 1 aromatic rings. The lowest BCUT2D eigenvalue weighted by molar-refractivity contribution is -0.139. The van der Waals surface area contributed by atoms with Crippen molar-refractivity contribution in [1.82, 2.24) is 9.55 Å². The van der Waals surface area contributed by atoms with E-state index in [1.165, 1.54) is 0 Å². The van der Waals surface area contributed by atoms with E-state index in [1.54, 1.807) is 6.20 Å². The Hall–Kier alpha value is -1.36. The molecule has 2 aliphatic rings. The molecular weight excluding hydrogens is 244 g/mol. The Morgan fingerprint density at radius 1 is 1.42 bits per heavy atom. The van der Waals surface area contributed by atoms with Gasteiger partial charge in [0.05, 0.1) is 11.6 Å². The first-order chi connectivity index (χ1) is 9.25. The topological polar surface area (TPSA) is 64.3 Å². The van der Waals surface area contributed by atoms with Crippen molar-refractivity contribution in [3.63, 3.8) is 0 Å². The first-order valence-corrected chi connectivity index (χ1v) is 7.10. The van der Waals surface area contributed by atoms with Crippen molar-refractivity contribution in [2.24, 2.45) is 5.92 Å². The number of aromatic nitrogens is 2. The number of fused-ring (bicyclic) bond motifs is 1. The van der Waals surface area contributed by atoms with Gasteiger partial charge in [0.2, 0.25) is 0 Å². The molecule has 0 aromatic carbocycles. The van der Waals surface area contributed by atoms with Crippen LogP contribution >= 0.6 is 0 Å². The van der Waals surface area contributed by atoms with Gasteiger partial charge in [-0.15, -0.1) is 0 Å². The van der Waals surface area contributed by atoms with Crippen LogP contribution in [-0.2, 0) is 22.5 Å². The van der Waals surface area contributed by atoms with Crippen LogP contribution in [-0.4, -0.2) is 33.8 Å². The maximum Gasteiger partial charge on any atom is 0.312 e. The normalized spacial score (nSPS) is 24.1. The van der Waals surface area contributed by atoms with Gasteiger partial charge in [-0.3, -0.25) is 4.79 Å². The zero-order chi connectivity index (χ0) is 13.2. The number of aliphatic carboxylic acids is 1. The predicted molar refractivity (Wildman–Crippen MR) is 69.1 cm³/mol. The number of carbonyl (C=O) groups is 1. The van der Waals surface area contributed by atoms with Gasteiger partial charge in [-0.2, -0.15) is 0 Å². The highest BCUT2D eigenvalue weighted by Crippen LogP contribution is 2.30. The van der Waals surface area contributed by atoms with Gasteiger partial charge in [0.15, 0.2) is 0 Å². The lowest BCUT2D eigenvalue weighted by Crippen LogP contribution is -2.24. The molecule has 0 radical (unpaired) electrons. The number of rotatable bonds is 3. The number of nitrogens with zero attached hydrogens (tertiary/aromatic N) is 2. The van der Waals surface area contributed by atoms with Crippen LogP contribution < -0.4 is 0 Å². The minimum atomic E-state index is -0.724. The molecule has 0 spiro atoms. The average Bonchev–Trinajstić information content (AvgIpc) is 2.83. The van der Waals surface area contributed by atoms with E-state index in [1.807, 2.05) is 0 Å². The summed E-state index contributed by atoms with van der Waals surface area (Å²) in [6.45, 7) is 2.60. The Morgan fingerprint density at radius 2 is 2.21 bits per heavy atom. The van der Waals surface area contributed by atoms with E-state index in [-0.39, 0.29) is 5.92 Å². The van der Waals surface area contributed by atoms with E-state index in [4.69, 9.17) is 4.74 Å². The van der Waals surface area contributed by atoms with Gasteiger partial charge in [-0.1, -0.05) is 0 Å². The third-order valence-corrected chi connectivity index (χ3v) is 4.31. The molecule has 1 saturated heterocycles. The third-order valence-electron chi connectivity index (χ3n) is 4.31. The SMILES string of the molecule is O=C(O)C1CCCn2c1cnc2CC1CCOCC1. The summed E-state index contributed by atoms with van der Waals surface area (Å²) in [6.07, 6.45) is 6.57. The smallest absolute Gasteiger partial charge is 0.312 e. The molecule has 1 aromatic heterocycles. The number of imidazole rings is 1. The molecule has 1 atom stereocenters. The summed E-state index contributed by atoms with van der Waals surface area (Å²) < 4.78 is 7.51. The highest BCUT2D eigenvalue weighted by Gasteiger charge is 2.29. The van der Waals surface area contributed by atoms with Crippen molar-refractivity contribution in [2.75, 3.05) is 13.2 Å². The van der Waals surface area contributed by atoms with E-state index < -0.39 is 5.97 Å². The second-order valence-electron chi connectivity index (χ2n) is 5.54. The highest BCUT2D eigenvalue weighted by atomic mass is 16.5. The van der Waals surface area contributed by atoms with Crippen LogP contribution in [0, 0.1) is 5.92 Å².